The van der Waals surface area contributed by atoms with E-state index in [1.807, 2.05) is 12.1 Å². The van der Waals surface area contributed by atoms with Gasteiger partial charge < -0.3 is 25.1 Å². The van der Waals surface area contributed by atoms with Gasteiger partial charge in [0, 0.05) is 55.6 Å². The second-order valence-electron chi connectivity index (χ2n) is 18.3. The van der Waals surface area contributed by atoms with Crippen molar-refractivity contribution in [2.75, 3.05) is 25.0 Å². The van der Waals surface area contributed by atoms with Crippen molar-refractivity contribution in [3.05, 3.63) is 84.4 Å². The van der Waals surface area contributed by atoms with E-state index in [2.05, 4.69) is 149 Å². The number of H-pyrrole nitrogens is 2. The maximum atomic E-state index is 5.64. The van der Waals surface area contributed by atoms with Crippen molar-refractivity contribution in [3.8, 4) is 5.75 Å². The van der Waals surface area contributed by atoms with E-state index in [1.54, 1.807) is 12.5 Å². The van der Waals surface area contributed by atoms with E-state index in [0.717, 1.165) is 62.8 Å². The van der Waals surface area contributed by atoms with Gasteiger partial charge in [0.05, 0.1) is 29.4 Å². The largest absolute Gasteiger partial charge is 0.473 e. The molecule has 10 heteroatoms. The Labute approximate surface area is 307 Å². The van der Waals surface area contributed by atoms with Crippen LogP contribution in [0.2, 0.25) is 0 Å². The standard InChI is InChI=1S/C12H15NO.C11H20N2O.C10H17N3.C8H14N2/c1-8-13-10-6-5-9(12(2,3)4)7-11(10)14-8;1-8-12-9-5-6-13(11(2,3)4)7-10(9)14-8;1-10(2,3)13-5-4-8-9(6-13)12-7-11-8;1-8(2,3)6-7-4-5-9-10-7/h5-7,13H,1H2,2-4H3;9-10,12H,1,5-7H2,2-4H3;7H,4-6H2,1-3H3,(H,11,12);4-5H,6H2,1-3H3,(H,9,10). The lowest BCUT2D eigenvalue weighted by Crippen LogP contribution is -2.54. The van der Waals surface area contributed by atoms with Crippen LogP contribution in [-0.2, 0) is 29.5 Å². The third kappa shape index (κ3) is 11.9. The first-order valence-corrected chi connectivity index (χ1v) is 18.5. The number of aromatic amines is 2. The van der Waals surface area contributed by atoms with Crippen molar-refractivity contribution in [2.45, 2.75) is 138 Å². The van der Waals surface area contributed by atoms with Gasteiger partial charge in [-0.05, 0) is 102 Å². The predicted octanol–water partition coefficient (Wildman–Crippen LogP) is 8.14. The summed E-state index contributed by atoms with van der Waals surface area (Å²) in [6.07, 6.45) is 7.19. The van der Waals surface area contributed by atoms with Gasteiger partial charge in [-0.15, -0.1) is 0 Å². The lowest BCUT2D eigenvalue weighted by Gasteiger charge is -2.41. The minimum atomic E-state index is 0.155. The molecule has 3 aromatic rings. The molecule has 4 aliphatic heterocycles. The van der Waals surface area contributed by atoms with Gasteiger partial charge in [-0.1, -0.05) is 47.6 Å². The highest BCUT2D eigenvalue weighted by Gasteiger charge is 2.39. The fraction of sp³-hybridized carbons (Fsp3) is 0.610. The molecule has 4 N–H and O–H groups in total. The fourth-order valence-electron chi connectivity index (χ4n) is 6.46. The average Bonchev–Trinajstić information content (AvgIpc) is 3.81. The molecule has 0 amide bonds. The highest BCUT2D eigenvalue weighted by Crippen LogP contribution is 2.36. The lowest BCUT2D eigenvalue weighted by atomic mass is 9.87. The normalized spacial score (nSPS) is 20.3. The third-order valence-corrected chi connectivity index (χ3v) is 9.51. The Hall–Kier alpha value is -3.76. The van der Waals surface area contributed by atoms with Gasteiger partial charge in [0.15, 0.2) is 17.5 Å². The fourth-order valence-corrected chi connectivity index (χ4v) is 6.46. The summed E-state index contributed by atoms with van der Waals surface area (Å²) in [5, 5.41) is 13.2. The number of benzene rings is 1. The first kappa shape index (κ1) is 40.0. The Morgan fingerprint density at radius 2 is 1.59 bits per heavy atom. The zero-order valence-electron chi connectivity index (χ0n) is 33.6. The highest BCUT2D eigenvalue weighted by molar-refractivity contribution is 5.64. The van der Waals surface area contributed by atoms with Gasteiger partial charge in [0.2, 0.25) is 0 Å². The van der Waals surface area contributed by atoms with Crippen LogP contribution in [0.15, 0.2) is 61.7 Å². The van der Waals surface area contributed by atoms with Crippen LogP contribution in [0.5, 0.6) is 5.75 Å². The number of nitrogens with one attached hydrogen (secondary N) is 4. The molecule has 0 spiro atoms. The molecule has 0 saturated carbocycles. The second kappa shape index (κ2) is 15.9. The molecule has 282 valence electrons. The van der Waals surface area contributed by atoms with Gasteiger partial charge in [-0.25, -0.2) is 4.98 Å². The minimum absolute atomic E-state index is 0.155. The molecule has 2 atom stereocenters. The van der Waals surface area contributed by atoms with Gasteiger partial charge in [0.1, 0.15) is 6.10 Å². The molecular weight excluding hydrogens is 637 g/mol. The number of anilines is 1. The van der Waals surface area contributed by atoms with Gasteiger partial charge in [-0.3, -0.25) is 14.9 Å². The SMILES string of the molecule is C=C1NC2CCN(C(C)(C)C)CC2O1.C=C1Nc2ccc(C(C)(C)C)cc2O1.CC(C)(C)Cc1ccn[nH]1.CC(C)(C)N1CCc2nc[nH]c2C1. The van der Waals surface area contributed by atoms with E-state index >= 15 is 0 Å². The maximum absolute atomic E-state index is 5.64. The summed E-state index contributed by atoms with van der Waals surface area (Å²) in [5.41, 5.74) is 7.06. The lowest BCUT2D eigenvalue weighted by molar-refractivity contribution is 0.0219. The number of hydrogen-bond donors (Lipinski definition) is 4. The van der Waals surface area contributed by atoms with E-state index < -0.39 is 0 Å². The highest BCUT2D eigenvalue weighted by atomic mass is 16.5. The van der Waals surface area contributed by atoms with Crippen LogP contribution in [-0.4, -0.2) is 72.8 Å². The van der Waals surface area contributed by atoms with Crippen molar-refractivity contribution in [2.24, 2.45) is 5.41 Å². The number of imidazole rings is 1. The van der Waals surface area contributed by atoms with E-state index in [9.17, 15) is 0 Å². The van der Waals surface area contributed by atoms with Gasteiger partial charge in [-0.2, -0.15) is 5.10 Å². The van der Waals surface area contributed by atoms with Crippen LogP contribution in [0.3, 0.4) is 0 Å². The molecule has 2 unspecified atom stereocenters. The summed E-state index contributed by atoms with van der Waals surface area (Å²) >= 11 is 0. The first-order valence-electron chi connectivity index (χ1n) is 18.5. The summed E-state index contributed by atoms with van der Waals surface area (Å²) in [7, 11) is 0. The molecule has 0 radical (unpaired) electrons. The molecule has 4 aliphatic rings. The van der Waals surface area contributed by atoms with Crippen LogP contribution in [0.25, 0.3) is 0 Å². The average molecular weight is 703 g/mol. The quantitative estimate of drug-likeness (QED) is 0.202. The number of rotatable bonds is 1. The molecule has 1 aromatic carbocycles. The molecule has 7 rings (SSSR count). The van der Waals surface area contributed by atoms with Crippen LogP contribution in [0.4, 0.5) is 5.69 Å². The van der Waals surface area contributed by atoms with Crippen molar-refractivity contribution in [3.63, 3.8) is 0 Å². The Morgan fingerprint density at radius 3 is 2.20 bits per heavy atom. The van der Waals surface area contributed by atoms with E-state index in [-0.39, 0.29) is 16.5 Å². The number of likely N-dealkylation sites (tertiary alicyclic amines) is 1. The Kier molecular flexibility index (Phi) is 12.4. The van der Waals surface area contributed by atoms with E-state index in [1.165, 1.54) is 22.6 Å². The predicted molar refractivity (Wildman–Crippen MR) is 210 cm³/mol. The topological polar surface area (TPSA) is 106 Å². The molecule has 2 fully saturated rings. The molecule has 51 heavy (non-hydrogen) atoms. The summed E-state index contributed by atoms with van der Waals surface area (Å²) in [5.74, 6) is 2.23. The second-order valence-corrected chi connectivity index (χ2v) is 18.3. The molecule has 0 bridgehead atoms. The zero-order valence-corrected chi connectivity index (χ0v) is 33.6. The number of fused-ring (bicyclic) bond motifs is 3. The van der Waals surface area contributed by atoms with Gasteiger partial charge in [0.25, 0.3) is 0 Å². The number of ether oxygens (including phenoxy) is 2. The molecule has 2 aromatic heterocycles. The van der Waals surface area contributed by atoms with Crippen LogP contribution >= 0.6 is 0 Å². The number of hydrogen-bond acceptors (Lipinski definition) is 8. The van der Waals surface area contributed by atoms with Crippen molar-refractivity contribution in [1.29, 1.82) is 0 Å². The van der Waals surface area contributed by atoms with Crippen molar-refractivity contribution < 1.29 is 9.47 Å². The summed E-state index contributed by atoms with van der Waals surface area (Å²) in [4.78, 5) is 12.5. The third-order valence-electron chi connectivity index (χ3n) is 9.51. The minimum Gasteiger partial charge on any atom is -0.473 e. The molecule has 10 nitrogen and oxygen atoms in total. The van der Waals surface area contributed by atoms with Crippen LogP contribution in [0.1, 0.15) is 112 Å². The number of aromatic nitrogens is 4. The van der Waals surface area contributed by atoms with Crippen molar-refractivity contribution in [1.82, 2.24) is 35.3 Å². The molecule has 2 saturated heterocycles. The molecule has 6 heterocycles. The zero-order chi connectivity index (χ0) is 37.8. The Balaban J connectivity index is 0.000000154. The van der Waals surface area contributed by atoms with E-state index in [4.69, 9.17) is 9.47 Å². The molecular formula is C41H66N8O2. The summed E-state index contributed by atoms with van der Waals surface area (Å²) in [6.45, 7) is 38.6. The molecule has 0 aliphatic carbocycles. The smallest absolute Gasteiger partial charge is 0.190 e. The summed E-state index contributed by atoms with van der Waals surface area (Å²) in [6, 6.07) is 8.73. The van der Waals surface area contributed by atoms with Gasteiger partial charge >= 0.3 is 0 Å². The van der Waals surface area contributed by atoms with Crippen LogP contribution in [0, 0.1) is 5.41 Å². The Morgan fingerprint density at radius 1 is 0.882 bits per heavy atom. The Bertz CT molecular complexity index is 1580. The van der Waals surface area contributed by atoms with E-state index in [0.29, 0.717) is 23.4 Å². The first-order chi connectivity index (χ1) is 23.6. The monoisotopic (exact) mass is 703 g/mol. The number of piperidine rings is 1. The summed E-state index contributed by atoms with van der Waals surface area (Å²) < 4.78 is 11.1. The van der Waals surface area contributed by atoms with Crippen LogP contribution < -0.4 is 15.4 Å². The van der Waals surface area contributed by atoms with Crippen molar-refractivity contribution >= 4 is 5.69 Å². The number of nitrogens with zero attached hydrogens (tertiary/aromatic N) is 4. The maximum Gasteiger partial charge on any atom is 0.190 e.